The minimum Gasteiger partial charge on any atom is -0.492 e. The summed E-state index contributed by atoms with van der Waals surface area (Å²) in [5, 5.41) is 0. The molecule has 0 amide bonds. The van der Waals surface area contributed by atoms with Crippen LogP contribution in [0.3, 0.4) is 0 Å². The molecule has 0 unspecified atom stereocenters. The van der Waals surface area contributed by atoms with Crippen LogP contribution < -0.4 is 10.5 Å². The number of benzene rings is 1. The van der Waals surface area contributed by atoms with Crippen molar-refractivity contribution in [2.24, 2.45) is 5.92 Å². The molecule has 0 aliphatic carbocycles. The quantitative estimate of drug-likeness (QED) is 0.661. The van der Waals surface area contributed by atoms with Crippen LogP contribution in [0.4, 0.5) is 5.69 Å². The van der Waals surface area contributed by atoms with Crippen molar-refractivity contribution < 1.29 is 19.0 Å². The molecule has 1 aliphatic rings. The molecule has 2 rings (SSSR count). The van der Waals surface area contributed by atoms with Crippen molar-refractivity contribution in [3.05, 3.63) is 23.8 Å². The molecule has 1 saturated heterocycles. The first kappa shape index (κ1) is 14.7. The van der Waals surface area contributed by atoms with Crippen molar-refractivity contribution in [2.45, 2.75) is 19.8 Å². The van der Waals surface area contributed by atoms with E-state index in [-0.39, 0.29) is 5.97 Å². The van der Waals surface area contributed by atoms with E-state index in [4.69, 9.17) is 19.9 Å². The van der Waals surface area contributed by atoms with E-state index in [2.05, 4.69) is 0 Å². The van der Waals surface area contributed by atoms with Crippen molar-refractivity contribution in [1.29, 1.82) is 0 Å². The van der Waals surface area contributed by atoms with Crippen LogP contribution in [0.5, 0.6) is 5.75 Å². The maximum atomic E-state index is 11.9. The largest absolute Gasteiger partial charge is 0.492 e. The molecular formula is C15H21NO4. The molecule has 1 aliphatic heterocycles. The molecule has 0 bridgehead atoms. The van der Waals surface area contributed by atoms with E-state index in [9.17, 15) is 4.79 Å². The lowest BCUT2D eigenvalue weighted by Crippen LogP contribution is -2.22. The summed E-state index contributed by atoms with van der Waals surface area (Å²) >= 11 is 0. The molecule has 0 aromatic heterocycles. The summed E-state index contributed by atoms with van der Waals surface area (Å²) in [6.45, 7) is 4.23. The lowest BCUT2D eigenvalue weighted by Gasteiger charge is -2.22. The van der Waals surface area contributed by atoms with Gasteiger partial charge in [0.05, 0.1) is 13.2 Å². The summed E-state index contributed by atoms with van der Waals surface area (Å²) in [6.07, 6.45) is 1.97. The van der Waals surface area contributed by atoms with Gasteiger partial charge in [-0.1, -0.05) is 0 Å². The monoisotopic (exact) mass is 279 g/mol. The highest BCUT2D eigenvalue weighted by Crippen LogP contribution is 2.25. The van der Waals surface area contributed by atoms with Gasteiger partial charge in [0.2, 0.25) is 0 Å². The highest BCUT2D eigenvalue weighted by molar-refractivity contribution is 5.93. The molecule has 1 aromatic carbocycles. The maximum absolute atomic E-state index is 11.9. The van der Waals surface area contributed by atoms with Gasteiger partial charge in [-0.25, -0.2) is 4.79 Å². The first-order chi connectivity index (χ1) is 9.70. The average molecular weight is 279 g/mol. The summed E-state index contributed by atoms with van der Waals surface area (Å²) < 4.78 is 16.1. The topological polar surface area (TPSA) is 70.8 Å². The Bertz CT molecular complexity index is 455. The second kappa shape index (κ2) is 7.14. The Morgan fingerprint density at radius 1 is 1.40 bits per heavy atom. The van der Waals surface area contributed by atoms with E-state index in [1.54, 1.807) is 25.1 Å². The number of nitrogen functional groups attached to an aromatic ring is 1. The van der Waals surface area contributed by atoms with Crippen molar-refractivity contribution in [3.63, 3.8) is 0 Å². The summed E-state index contributed by atoms with van der Waals surface area (Å²) in [7, 11) is 0. The maximum Gasteiger partial charge on any atom is 0.341 e. The summed E-state index contributed by atoms with van der Waals surface area (Å²) in [5.74, 6) is 0.574. The molecule has 0 spiro atoms. The number of hydrogen-bond acceptors (Lipinski definition) is 5. The van der Waals surface area contributed by atoms with Crippen LogP contribution >= 0.6 is 0 Å². The first-order valence-corrected chi connectivity index (χ1v) is 6.98. The molecule has 5 heteroatoms. The minimum atomic E-state index is -0.380. The van der Waals surface area contributed by atoms with Gasteiger partial charge in [-0.3, -0.25) is 0 Å². The third-order valence-corrected chi connectivity index (χ3v) is 3.32. The Hall–Kier alpha value is -1.75. The van der Waals surface area contributed by atoms with Crippen molar-refractivity contribution in [2.75, 3.05) is 32.2 Å². The Kier molecular flexibility index (Phi) is 5.24. The number of esters is 1. The minimum absolute atomic E-state index is 0.336. The van der Waals surface area contributed by atoms with E-state index in [1.807, 2.05) is 0 Å². The van der Waals surface area contributed by atoms with Crippen molar-refractivity contribution in [3.8, 4) is 5.75 Å². The van der Waals surface area contributed by atoms with Crippen LogP contribution in [-0.4, -0.2) is 32.4 Å². The van der Waals surface area contributed by atoms with E-state index >= 15 is 0 Å². The number of hydrogen-bond donors (Lipinski definition) is 1. The van der Waals surface area contributed by atoms with Crippen LogP contribution in [0.15, 0.2) is 18.2 Å². The highest BCUT2D eigenvalue weighted by Gasteiger charge is 2.18. The van der Waals surface area contributed by atoms with E-state index in [0.29, 0.717) is 36.1 Å². The van der Waals surface area contributed by atoms with Gasteiger partial charge in [-0.05, 0) is 37.8 Å². The number of ether oxygens (including phenoxy) is 3. The zero-order valence-corrected chi connectivity index (χ0v) is 11.8. The zero-order chi connectivity index (χ0) is 14.4. The SMILES string of the molecule is CCOC(=O)c1ccc(N)cc1OCC1CCOCC1. The molecule has 1 aromatic rings. The summed E-state index contributed by atoms with van der Waals surface area (Å²) in [5.41, 5.74) is 6.75. The lowest BCUT2D eigenvalue weighted by atomic mass is 10.0. The summed E-state index contributed by atoms with van der Waals surface area (Å²) in [4.78, 5) is 11.9. The fourth-order valence-corrected chi connectivity index (χ4v) is 2.16. The second-order valence-electron chi connectivity index (χ2n) is 4.84. The highest BCUT2D eigenvalue weighted by atomic mass is 16.5. The predicted molar refractivity (Wildman–Crippen MR) is 75.8 cm³/mol. The van der Waals surface area contributed by atoms with Crippen LogP contribution in [0.2, 0.25) is 0 Å². The fraction of sp³-hybridized carbons (Fsp3) is 0.533. The second-order valence-corrected chi connectivity index (χ2v) is 4.84. The van der Waals surface area contributed by atoms with E-state index in [1.165, 1.54) is 0 Å². The number of nitrogens with two attached hydrogens (primary N) is 1. The van der Waals surface area contributed by atoms with Gasteiger partial charge >= 0.3 is 5.97 Å². The lowest BCUT2D eigenvalue weighted by molar-refractivity contribution is 0.0468. The van der Waals surface area contributed by atoms with Gasteiger partial charge in [-0.15, -0.1) is 0 Å². The van der Waals surface area contributed by atoms with Gasteiger partial charge in [0, 0.05) is 25.0 Å². The van der Waals surface area contributed by atoms with Gasteiger partial charge in [-0.2, -0.15) is 0 Å². The van der Waals surface area contributed by atoms with Gasteiger partial charge in [0.1, 0.15) is 11.3 Å². The molecule has 2 N–H and O–H groups in total. The van der Waals surface area contributed by atoms with Gasteiger partial charge in [0.15, 0.2) is 0 Å². The summed E-state index contributed by atoms with van der Waals surface area (Å²) in [6, 6.07) is 4.99. The van der Waals surface area contributed by atoms with Crippen LogP contribution in [0.1, 0.15) is 30.1 Å². The van der Waals surface area contributed by atoms with E-state index < -0.39 is 0 Å². The van der Waals surface area contributed by atoms with Crippen LogP contribution in [0.25, 0.3) is 0 Å². The van der Waals surface area contributed by atoms with Crippen molar-refractivity contribution in [1.82, 2.24) is 0 Å². The van der Waals surface area contributed by atoms with Crippen LogP contribution in [0, 0.1) is 5.92 Å². The number of carbonyl (C=O) groups is 1. The molecule has 0 saturated carbocycles. The molecule has 0 atom stereocenters. The third kappa shape index (κ3) is 3.87. The number of rotatable bonds is 5. The van der Waals surface area contributed by atoms with Crippen molar-refractivity contribution >= 4 is 11.7 Å². The third-order valence-electron chi connectivity index (χ3n) is 3.32. The predicted octanol–water partition coefficient (Wildman–Crippen LogP) is 2.25. The Morgan fingerprint density at radius 2 is 2.15 bits per heavy atom. The fourth-order valence-electron chi connectivity index (χ4n) is 2.16. The molecular weight excluding hydrogens is 258 g/mol. The zero-order valence-electron chi connectivity index (χ0n) is 11.8. The first-order valence-electron chi connectivity index (χ1n) is 6.98. The Balaban J connectivity index is 2.04. The molecule has 1 fully saturated rings. The smallest absolute Gasteiger partial charge is 0.341 e. The van der Waals surface area contributed by atoms with E-state index in [0.717, 1.165) is 26.1 Å². The molecule has 0 radical (unpaired) electrons. The average Bonchev–Trinajstić information content (AvgIpc) is 2.46. The Morgan fingerprint density at radius 3 is 2.85 bits per heavy atom. The molecule has 5 nitrogen and oxygen atoms in total. The van der Waals surface area contributed by atoms with Crippen LogP contribution in [-0.2, 0) is 9.47 Å². The number of anilines is 1. The normalized spacial score (nSPS) is 15.8. The number of carbonyl (C=O) groups excluding carboxylic acids is 1. The standard InChI is InChI=1S/C15H21NO4/c1-2-19-15(17)13-4-3-12(16)9-14(13)20-10-11-5-7-18-8-6-11/h3-4,9,11H,2,5-8,10,16H2,1H3. The molecule has 1 heterocycles. The molecule has 20 heavy (non-hydrogen) atoms. The van der Waals surface area contributed by atoms with Gasteiger partial charge in [0.25, 0.3) is 0 Å². The Labute approximate surface area is 119 Å². The van der Waals surface area contributed by atoms with Gasteiger partial charge < -0.3 is 19.9 Å². The molecule has 110 valence electrons.